The molecule has 2 heterocycles. The number of benzene rings is 1. The van der Waals surface area contributed by atoms with Crippen LogP contribution in [0.15, 0.2) is 46.2 Å². The highest BCUT2D eigenvalue weighted by Gasteiger charge is 2.21. The number of amides is 1. The van der Waals surface area contributed by atoms with Crippen molar-refractivity contribution in [1.82, 2.24) is 23.6 Å². The van der Waals surface area contributed by atoms with Crippen molar-refractivity contribution >= 4 is 17.1 Å². The summed E-state index contributed by atoms with van der Waals surface area (Å²) in [6, 6.07) is 9.47. The molecule has 0 bridgehead atoms. The quantitative estimate of drug-likeness (QED) is 0.487. The summed E-state index contributed by atoms with van der Waals surface area (Å²) in [6.45, 7) is 3.36. The van der Waals surface area contributed by atoms with Gasteiger partial charge in [-0.3, -0.25) is 14.2 Å². The van der Waals surface area contributed by atoms with Gasteiger partial charge >= 0.3 is 5.69 Å². The van der Waals surface area contributed by atoms with E-state index in [-0.39, 0.29) is 24.5 Å². The number of imidazole rings is 1. The molecule has 1 aromatic carbocycles. The first-order chi connectivity index (χ1) is 15.0. The third kappa shape index (κ3) is 4.93. The molecule has 0 radical (unpaired) electrons. The standard InChI is InChI=1S/C22H29N5O4/c1-4-5-11-24(2)18(28)15-27-21(29)19-20(23-16-25(19)12-13-31-3)26(22(27)30)14-17-9-7-6-8-10-17/h6-10,16H,4-5,11-15H2,1-3H3. The fourth-order valence-electron chi connectivity index (χ4n) is 3.42. The van der Waals surface area contributed by atoms with Crippen LogP contribution in [0.3, 0.4) is 0 Å². The Labute approximate surface area is 180 Å². The zero-order valence-electron chi connectivity index (χ0n) is 18.3. The summed E-state index contributed by atoms with van der Waals surface area (Å²) in [6.07, 6.45) is 3.34. The lowest BCUT2D eigenvalue weighted by molar-refractivity contribution is -0.130. The predicted octanol–water partition coefficient (Wildman–Crippen LogP) is 1.31. The Morgan fingerprint density at radius 3 is 2.58 bits per heavy atom. The van der Waals surface area contributed by atoms with Crippen LogP contribution in [0, 0.1) is 0 Å². The number of unbranched alkanes of at least 4 members (excludes halogenated alkanes) is 1. The molecule has 0 unspecified atom stereocenters. The second-order valence-corrected chi connectivity index (χ2v) is 7.52. The maximum atomic E-state index is 13.3. The number of carbonyl (C=O) groups is 1. The SMILES string of the molecule is CCCCN(C)C(=O)Cn1c(=O)c2c(ncn2CCOC)n(Cc2ccccc2)c1=O. The number of likely N-dealkylation sites (N-methyl/N-ethyl adjacent to an activating group) is 1. The van der Waals surface area contributed by atoms with E-state index in [2.05, 4.69) is 4.98 Å². The van der Waals surface area contributed by atoms with Crippen LogP contribution in [-0.2, 0) is 29.2 Å². The van der Waals surface area contributed by atoms with Crippen LogP contribution in [0.5, 0.6) is 0 Å². The summed E-state index contributed by atoms with van der Waals surface area (Å²) in [5.74, 6) is -0.277. The summed E-state index contributed by atoms with van der Waals surface area (Å²) in [4.78, 5) is 45.1. The maximum absolute atomic E-state index is 13.3. The van der Waals surface area contributed by atoms with Gasteiger partial charge in [0, 0.05) is 27.2 Å². The molecule has 0 aliphatic carbocycles. The van der Waals surface area contributed by atoms with Gasteiger partial charge in [0.15, 0.2) is 11.2 Å². The van der Waals surface area contributed by atoms with Crippen molar-refractivity contribution in [3.05, 3.63) is 63.1 Å². The summed E-state index contributed by atoms with van der Waals surface area (Å²) < 4.78 is 9.27. The van der Waals surface area contributed by atoms with Gasteiger partial charge in [-0.2, -0.15) is 0 Å². The number of carbonyl (C=O) groups excluding carboxylic acids is 1. The number of hydrogen-bond donors (Lipinski definition) is 0. The molecule has 0 fully saturated rings. The Balaban J connectivity index is 2.11. The lowest BCUT2D eigenvalue weighted by atomic mass is 10.2. The molecule has 3 rings (SSSR count). The highest BCUT2D eigenvalue weighted by atomic mass is 16.5. The van der Waals surface area contributed by atoms with Crippen molar-refractivity contribution in [1.29, 1.82) is 0 Å². The smallest absolute Gasteiger partial charge is 0.333 e. The Bertz CT molecular complexity index is 1150. The molecule has 9 heteroatoms. The van der Waals surface area contributed by atoms with Crippen molar-refractivity contribution in [2.24, 2.45) is 0 Å². The first-order valence-electron chi connectivity index (χ1n) is 10.4. The summed E-state index contributed by atoms with van der Waals surface area (Å²) >= 11 is 0. The largest absolute Gasteiger partial charge is 0.383 e. The molecule has 0 aliphatic heterocycles. The third-order valence-electron chi connectivity index (χ3n) is 5.27. The summed E-state index contributed by atoms with van der Waals surface area (Å²) in [5, 5.41) is 0. The van der Waals surface area contributed by atoms with Gasteiger partial charge in [-0.1, -0.05) is 43.7 Å². The average Bonchev–Trinajstić information content (AvgIpc) is 3.20. The second-order valence-electron chi connectivity index (χ2n) is 7.52. The molecule has 2 aromatic heterocycles. The molecule has 1 amide bonds. The van der Waals surface area contributed by atoms with Crippen LogP contribution < -0.4 is 11.2 Å². The average molecular weight is 428 g/mol. The summed E-state index contributed by atoms with van der Waals surface area (Å²) in [5.41, 5.74) is 0.425. The third-order valence-corrected chi connectivity index (χ3v) is 5.27. The van der Waals surface area contributed by atoms with E-state index < -0.39 is 11.2 Å². The van der Waals surface area contributed by atoms with Gasteiger partial charge in [0.25, 0.3) is 5.56 Å². The van der Waals surface area contributed by atoms with Crippen molar-refractivity contribution in [3.63, 3.8) is 0 Å². The fraction of sp³-hybridized carbons (Fsp3) is 0.455. The lowest BCUT2D eigenvalue weighted by Gasteiger charge is -2.18. The van der Waals surface area contributed by atoms with E-state index >= 15 is 0 Å². The first-order valence-corrected chi connectivity index (χ1v) is 10.4. The zero-order valence-corrected chi connectivity index (χ0v) is 18.3. The van der Waals surface area contributed by atoms with Gasteiger partial charge in [0.05, 0.1) is 19.5 Å². The van der Waals surface area contributed by atoms with Crippen molar-refractivity contribution < 1.29 is 9.53 Å². The maximum Gasteiger partial charge on any atom is 0.333 e. The van der Waals surface area contributed by atoms with Crippen molar-refractivity contribution in [2.75, 3.05) is 27.3 Å². The predicted molar refractivity (Wildman–Crippen MR) is 118 cm³/mol. The van der Waals surface area contributed by atoms with E-state index in [1.807, 2.05) is 37.3 Å². The zero-order chi connectivity index (χ0) is 22.4. The number of aromatic nitrogens is 4. The molecular formula is C22H29N5O4. The van der Waals surface area contributed by atoms with Crippen molar-refractivity contribution in [2.45, 2.75) is 39.4 Å². The molecule has 0 atom stereocenters. The van der Waals surface area contributed by atoms with E-state index in [1.165, 1.54) is 10.9 Å². The molecule has 0 aliphatic rings. The van der Waals surface area contributed by atoms with E-state index in [4.69, 9.17) is 4.74 Å². The normalized spacial score (nSPS) is 11.2. The van der Waals surface area contributed by atoms with Crippen LogP contribution in [0.2, 0.25) is 0 Å². The van der Waals surface area contributed by atoms with Gasteiger partial charge < -0.3 is 14.2 Å². The molecule has 0 saturated heterocycles. The van der Waals surface area contributed by atoms with Crippen molar-refractivity contribution in [3.8, 4) is 0 Å². The molecule has 0 N–H and O–H groups in total. The highest BCUT2D eigenvalue weighted by Crippen LogP contribution is 2.10. The Kier molecular flexibility index (Phi) is 7.41. The molecule has 0 spiro atoms. The number of hydrogen-bond acceptors (Lipinski definition) is 5. The minimum atomic E-state index is -0.546. The minimum absolute atomic E-state index is 0.248. The summed E-state index contributed by atoms with van der Waals surface area (Å²) in [7, 11) is 3.26. The molecule has 166 valence electrons. The van der Waals surface area contributed by atoms with Gasteiger partial charge in [0.1, 0.15) is 6.54 Å². The van der Waals surface area contributed by atoms with Gasteiger partial charge in [-0.15, -0.1) is 0 Å². The van der Waals surface area contributed by atoms with E-state index in [9.17, 15) is 14.4 Å². The van der Waals surface area contributed by atoms with E-state index in [0.717, 1.165) is 23.0 Å². The van der Waals surface area contributed by atoms with Gasteiger partial charge in [-0.05, 0) is 12.0 Å². The van der Waals surface area contributed by atoms with Gasteiger partial charge in [-0.25, -0.2) is 14.3 Å². The molecular weight excluding hydrogens is 398 g/mol. The highest BCUT2D eigenvalue weighted by molar-refractivity contribution is 5.76. The molecule has 3 aromatic rings. The first kappa shape index (κ1) is 22.5. The Hall–Kier alpha value is -3.20. The van der Waals surface area contributed by atoms with Crippen LogP contribution in [0.4, 0.5) is 0 Å². The molecule has 9 nitrogen and oxygen atoms in total. The lowest BCUT2D eigenvalue weighted by Crippen LogP contribution is -2.45. The fourth-order valence-corrected chi connectivity index (χ4v) is 3.42. The molecule has 31 heavy (non-hydrogen) atoms. The van der Waals surface area contributed by atoms with Crippen LogP contribution in [0.1, 0.15) is 25.3 Å². The number of rotatable bonds is 10. The number of fused-ring (bicyclic) bond motifs is 1. The van der Waals surface area contributed by atoms with Crippen LogP contribution in [-0.4, -0.2) is 56.8 Å². The monoisotopic (exact) mass is 427 g/mol. The second kappa shape index (κ2) is 10.2. The van der Waals surface area contributed by atoms with E-state index in [0.29, 0.717) is 25.3 Å². The Morgan fingerprint density at radius 1 is 1.16 bits per heavy atom. The molecule has 0 saturated carbocycles. The number of ether oxygens (including phenoxy) is 1. The number of nitrogens with zero attached hydrogens (tertiary/aromatic N) is 5. The van der Waals surface area contributed by atoms with Crippen LogP contribution in [0.25, 0.3) is 11.2 Å². The van der Waals surface area contributed by atoms with E-state index in [1.54, 1.807) is 23.6 Å². The topological polar surface area (TPSA) is 91.4 Å². The number of methoxy groups -OCH3 is 1. The van der Waals surface area contributed by atoms with Crippen LogP contribution >= 0.6 is 0 Å². The van der Waals surface area contributed by atoms with Gasteiger partial charge in [0.2, 0.25) is 5.91 Å². The minimum Gasteiger partial charge on any atom is -0.383 e. The Morgan fingerprint density at radius 2 is 1.90 bits per heavy atom.